The van der Waals surface area contributed by atoms with Crippen molar-refractivity contribution in [2.45, 2.75) is 33.9 Å². The van der Waals surface area contributed by atoms with E-state index >= 15 is 0 Å². The van der Waals surface area contributed by atoms with Gasteiger partial charge in [-0.25, -0.2) is 0 Å². The molecule has 2 nitrogen and oxygen atoms in total. The van der Waals surface area contributed by atoms with Crippen LogP contribution in [-0.2, 0) is 0 Å². The molecule has 86 valence electrons. The molecule has 0 amide bonds. The molecule has 0 fully saturated rings. The number of aryl methyl sites for hydroxylation is 2. The van der Waals surface area contributed by atoms with Gasteiger partial charge in [-0.3, -0.25) is 0 Å². The summed E-state index contributed by atoms with van der Waals surface area (Å²) in [4.78, 5) is 4.55. The molecule has 0 N–H and O–H groups in total. The summed E-state index contributed by atoms with van der Waals surface area (Å²) < 4.78 is 0. The van der Waals surface area contributed by atoms with Crippen molar-refractivity contribution >= 4 is 5.69 Å². The van der Waals surface area contributed by atoms with Gasteiger partial charge in [0, 0.05) is 25.1 Å². The molecular formula is C14H20N2. The highest BCUT2D eigenvalue weighted by Gasteiger charge is 2.21. The minimum absolute atomic E-state index is 0.403. The van der Waals surface area contributed by atoms with E-state index in [0.717, 1.165) is 0 Å². The van der Waals surface area contributed by atoms with Crippen molar-refractivity contribution in [2.24, 2.45) is 0 Å². The van der Waals surface area contributed by atoms with Gasteiger partial charge in [0.05, 0.1) is 0 Å². The number of hydrogen-bond acceptors (Lipinski definition) is 2. The third-order valence-corrected chi connectivity index (χ3v) is 3.52. The third kappa shape index (κ3) is 1.69. The SMILES string of the molecule is Cc1cc(C)c(C)c(N2C=CN(C)[C@@H]2C)c1. The molecule has 0 aromatic heterocycles. The number of anilines is 1. The van der Waals surface area contributed by atoms with Crippen LogP contribution in [-0.4, -0.2) is 18.1 Å². The van der Waals surface area contributed by atoms with Gasteiger partial charge in [-0.05, 0) is 50.5 Å². The Kier molecular flexibility index (Phi) is 2.66. The van der Waals surface area contributed by atoms with Crippen LogP contribution in [0.4, 0.5) is 5.69 Å². The van der Waals surface area contributed by atoms with Crippen LogP contribution in [0.15, 0.2) is 24.5 Å². The van der Waals surface area contributed by atoms with Crippen molar-refractivity contribution in [3.05, 3.63) is 41.2 Å². The lowest BCUT2D eigenvalue weighted by molar-refractivity contribution is 0.383. The molecule has 1 aromatic rings. The van der Waals surface area contributed by atoms with Crippen molar-refractivity contribution in [3.8, 4) is 0 Å². The Morgan fingerprint density at radius 3 is 2.31 bits per heavy atom. The summed E-state index contributed by atoms with van der Waals surface area (Å²) in [6.07, 6.45) is 4.69. The van der Waals surface area contributed by atoms with E-state index in [9.17, 15) is 0 Å². The first-order valence-corrected chi connectivity index (χ1v) is 5.77. The largest absolute Gasteiger partial charge is 0.359 e. The first-order valence-electron chi connectivity index (χ1n) is 5.77. The van der Waals surface area contributed by atoms with Gasteiger partial charge in [-0.15, -0.1) is 0 Å². The molecule has 0 saturated carbocycles. The van der Waals surface area contributed by atoms with Gasteiger partial charge >= 0.3 is 0 Å². The molecular weight excluding hydrogens is 196 g/mol. The summed E-state index contributed by atoms with van der Waals surface area (Å²) in [6, 6.07) is 4.51. The second-order valence-electron chi connectivity index (χ2n) is 4.73. The van der Waals surface area contributed by atoms with Crippen LogP contribution in [0, 0.1) is 20.8 Å². The fraction of sp³-hybridized carbons (Fsp3) is 0.429. The highest BCUT2D eigenvalue weighted by Crippen LogP contribution is 2.29. The van der Waals surface area contributed by atoms with Crippen LogP contribution in [0.5, 0.6) is 0 Å². The van der Waals surface area contributed by atoms with E-state index in [2.05, 4.69) is 69.1 Å². The summed E-state index contributed by atoms with van der Waals surface area (Å²) in [5.41, 5.74) is 5.39. The quantitative estimate of drug-likeness (QED) is 0.711. The average molecular weight is 216 g/mol. The van der Waals surface area contributed by atoms with Crippen LogP contribution in [0.25, 0.3) is 0 Å². The van der Waals surface area contributed by atoms with Gasteiger partial charge in [0.2, 0.25) is 0 Å². The standard InChI is InChI=1S/C14H20N2/c1-10-8-11(2)12(3)14(9-10)16-7-6-15(5)13(16)4/h6-9,13H,1-5H3/t13-/m0/s1. The first-order chi connectivity index (χ1) is 7.50. The normalized spacial score (nSPS) is 19.7. The topological polar surface area (TPSA) is 6.48 Å². The Morgan fingerprint density at radius 1 is 1.06 bits per heavy atom. The number of benzene rings is 1. The molecule has 0 spiro atoms. The zero-order valence-electron chi connectivity index (χ0n) is 10.8. The molecule has 2 heteroatoms. The molecule has 1 atom stereocenters. The Morgan fingerprint density at radius 2 is 1.75 bits per heavy atom. The van der Waals surface area contributed by atoms with Crippen molar-refractivity contribution in [1.29, 1.82) is 0 Å². The lowest BCUT2D eigenvalue weighted by atomic mass is 10.0. The van der Waals surface area contributed by atoms with Gasteiger partial charge in [0.1, 0.15) is 6.17 Å². The molecule has 2 rings (SSSR count). The Hall–Kier alpha value is -1.44. The molecule has 0 unspecified atom stereocenters. The average Bonchev–Trinajstić information content (AvgIpc) is 2.54. The second kappa shape index (κ2) is 3.85. The van der Waals surface area contributed by atoms with Crippen LogP contribution in [0.1, 0.15) is 23.6 Å². The van der Waals surface area contributed by atoms with E-state index < -0.39 is 0 Å². The molecule has 16 heavy (non-hydrogen) atoms. The Bertz CT molecular complexity index is 435. The zero-order valence-corrected chi connectivity index (χ0v) is 10.8. The number of hydrogen-bond donors (Lipinski definition) is 0. The van der Waals surface area contributed by atoms with E-state index in [1.54, 1.807) is 0 Å². The van der Waals surface area contributed by atoms with Crippen molar-refractivity contribution in [2.75, 3.05) is 11.9 Å². The van der Waals surface area contributed by atoms with Gasteiger partial charge < -0.3 is 9.80 Å². The maximum absolute atomic E-state index is 2.33. The van der Waals surface area contributed by atoms with Gasteiger partial charge in [0.15, 0.2) is 0 Å². The summed E-state index contributed by atoms with van der Waals surface area (Å²) in [5.74, 6) is 0. The molecule has 0 aliphatic carbocycles. The van der Waals surface area contributed by atoms with Crippen LogP contribution in [0.3, 0.4) is 0 Å². The van der Waals surface area contributed by atoms with Crippen LogP contribution in [0.2, 0.25) is 0 Å². The predicted octanol–water partition coefficient (Wildman–Crippen LogP) is 3.18. The molecule has 1 aromatic carbocycles. The van der Waals surface area contributed by atoms with E-state index in [1.807, 2.05) is 0 Å². The minimum atomic E-state index is 0.403. The number of nitrogens with zero attached hydrogens (tertiary/aromatic N) is 2. The van der Waals surface area contributed by atoms with Gasteiger partial charge in [-0.2, -0.15) is 0 Å². The smallest absolute Gasteiger partial charge is 0.102 e. The maximum Gasteiger partial charge on any atom is 0.102 e. The van der Waals surface area contributed by atoms with Crippen molar-refractivity contribution in [1.82, 2.24) is 4.90 Å². The van der Waals surface area contributed by atoms with Crippen LogP contribution < -0.4 is 4.90 Å². The van der Waals surface area contributed by atoms with Crippen LogP contribution >= 0.6 is 0 Å². The lowest BCUT2D eigenvalue weighted by Crippen LogP contribution is -2.33. The van der Waals surface area contributed by atoms with E-state index in [0.29, 0.717) is 6.17 Å². The Balaban J connectivity index is 2.45. The predicted molar refractivity (Wildman–Crippen MR) is 69.5 cm³/mol. The van der Waals surface area contributed by atoms with E-state index in [1.165, 1.54) is 22.4 Å². The van der Waals surface area contributed by atoms with Gasteiger partial charge in [0.25, 0.3) is 0 Å². The van der Waals surface area contributed by atoms with Crippen molar-refractivity contribution in [3.63, 3.8) is 0 Å². The second-order valence-corrected chi connectivity index (χ2v) is 4.73. The molecule has 0 saturated heterocycles. The molecule has 1 heterocycles. The number of rotatable bonds is 1. The maximum atomic E-state index is 2.33. The Labute approximate surface area is 98.2 Å². The third-order valence-electron chi connectivity index (χ3n) is 3.52. The summed E-state index contributed by atoms with van der Waals surface area (Å²) in [5, 5.41) is 0. The summed E-state index contributed by atoms with van der Waals surface area (Å²) in [6.45, 7) is 8.75. The fourth-order valence-electron chi connectivity index (χ4n) is 2.19. The minimum Gasteiger partial charge on any atom is -0.359 e. The molecule has 1 aliphatic heterocycles. The molecule has 0 radical (unpaired) electrons. The van der Waals surface area contributed by atoms with Gasteiger partial charge in [-0.1, -0.05) is 6.07 Å². The highest BCUT2D eigenvalue weighted by atomic mass is 15.4. The first kappa shape index (κ1) is 11.1. The molecule has 1 aliphatic rings. The zero-order chi connectivity index (χ0) is 11.9. The molecule has 0 bridgehead atoms. The van der Waals surface area contributed by atoms with E-state index in [-0.39, 0.29) is 0 Å². The van der Waals surface area contributed by atoms with Crippen molar-refractivity contribution < 1.29 is 0 Å². The highest BCUT2D eigenvalue weighted by molar-refractivity contribution is 5.61. The lowest BCUT2D eigenvalue weighted by Gasteiger charge is -2.29. The monoisotopic (exact) mass is 216 g/mol. The fourth-order valence-corrected chi connectivity index (χ4v) is 2.19. The summed E-state index contributed by atoms with van der Waals surface area (Å²) in [7, 11) is 2.11. The summed E-state index contributed by atoms with van der Waals surface area (Å²) >= 11 is 0. The van der Waals surface area contributed by atoms with E-state index in [4.69, 9.17) is 0 Å².